The number of hydrogen-bond donors (Lipinski definition) is 2. The molecule has 0 bridgehead atoms. The summed E-state index contributed by atoms with van der Waals surface area (Å²) in [4.78, 5) is 23.5. The number of tetrazole rings is 1. The van der Waals surface area contributed by atoms with E-state index in [0.717, 1.165) is 53.1 Å². The molecule has 0 radical (unpaired) electrons. The zero-order valence-corrected chi connectivity index (χ0v) is 20.7. The van der Waals surface area contributed by atoms with Crippen molar-refractivity contribution in [2.45, 2.75) is 25.2 Å². The standard InChI is InChI=1S/C25H19ClFN7O2S/c26-15-4-6-21(34-12-30-32-33-34)16(8-15)14-3-5-19(28-9-14)17(7-13-1-2-13)24-29-10-20(31-24)18-11-37-23(22(18)27)25(35)36/h3-6,8-13,17H,1-2,7H2,(H,29,31)(H,35,36). The quantitative estimate of drug-likeness (QED) is 0.265. The summed E-state index contributed by atoms with van der Waals surface area (Å²) < 4.78 is 16.2. The molecule has 1 unspecified atom stereocenters. The van der Waals surface area contributed by atoms with E-state index in [1.54, 1.807) is 23.1 Å². The van der Waals surface area contributed by atoms with Gasteiger partial charge in [0.05, 0.1) is 29.2 Å². The van der Waals surface area contributed by atoms with Crippen molar-refractivity contribution in [3.63, 3.8) is 0 Å². The topological polar surface area (TPSA) is 122 Å². The fourth-order valence-electron chi connectivity index (χ4n) is 4.36. The van der Waals surface area contributed by atoms with Crippen LogP contribution in [0.2, 0.25) is 5.02 Å². The van der Waals surface area contributed by atoms with E-state index in [9.17, 15) is 14.3 Å². The van der Waals surface area contributed by atoms with E-state index in [-0.39, 0.29) is 16.4 Å². The third-order valence-electron chi connectivity index (χ3n) is 6.42. The predicted molar refractivity (Wildman–Crippen MR) is 135 cm³/mol. The molecule has 12 heteroatoms. The molecule has 5 aromatic rings. The van der Waals surface area contributed by atoms with Gasteiger partial charge >= 0.3 is 5.97 Å². The number of benzene rings is 1. The van der Waals surface area contributed by atoms with E-state index < -0.39 is 11.8 Å². The highest BCUT2D eigenvalue weighted by Crippen LogP contribution is 2.41. The van der Waals surface area contributed by atoms with Crippen LogP contribution < -0.4 is 0 Å². The maximum atomic E-state index is 14.6. The monoisotopic (exact) mass is 535 g/mol. The van der Waals surface area contributed by atoms with Gasteiger partial charge in [-0.05, 0) is 47.0 Å². The molecule has 1 saturated carbocycles. The lowest BCUT2D eigenvalue weighted by Crippen LogP contribution is -2.07. The highest BCUT2D eigenvalue weighted by atomic mass is 35.5. The number of carboxylic acids is 1. The number of H-pyrrole nitrogens is 1. The number of aromatic amines is 1. The molecule has 0 saturated heterocycles. The van der Waals surface area contributed by atoms with Crippen molar-refractivity contribution in [3.05, 3.63) is 81.7 Å². The molecule has 0 spiro atoms. The summed E-state index contributed by atoms with van der Waals surface area (Å²) in [5.41, 5.74) is 3.93. The number of nitrogens with zero attached hydrogens (tertiary/aromatic N) is 6. The van der Waals surface area contributed by atoms with Gasteiger partial charge in [0.25, 0.3) is 0 Å². The van der Waals surface area contributed by atoms with Crippen LogP contribution in [-0.2, 0) is 0 Å². The van der Waals surface area contributed by atoms with Crippen LogP contribution in [0.15, 0.2) is 54.4 Å². The second-order valence-corrected chi connectivity index (χ2v) is 10.2. The first-order valence-electron chi connectivity index (χ1n) is 11.5. The first-order valence-corrected chi connectivity index (χ1v) is 12.8. The summed E-state index contributed by atoms with van der Waals surface area (Å²) >= 11 is 7.14. The molecule has 1 aliphatic carbocycles. The minimum Gasteiger partial charge on any atom is -0.477 e. The largest absolute Gasteiger partial charge is 0.477 e. The number of nitrogens with one attached hydrogen (secondary N) is 1. The molecule has 1 atom stereocenters. The van der Waals surface area contributed by atoms with E-state index in [2.05, 4.69) is 25.5 Å². The van der Waals surface area contributed by atoms with Gasteiger partial charge < -0.3 is 10.1 Å². The van der Waals surface area contributed by atoms with Crippen molar-refractivity contribution in [2.24, 2.45) is 5.92 Å². The smallest absolute Gasteiger partial charge is 0.348 e. The number of imidazole rings is 1. The lowest BCUT2D eigenvalue weighted by molar-refractivity contribution is 0.0698. The molecule has 1 aromatic carbocycles. The van der Waals surface area contributed by atoms with Gasteiger partial charge in [0.2, 0.25) is 0 Å². The summed E-state index contributed by atoms with van der Waals surface area (Å²) in [6.45, 7) is 0. The van der Waals surface area contributed by atoms with Crippen LogP contribution in [0.4, 0.5) is 4.39 Å². The summed E-state index contributed by atoms with van der Waals surface area (Å²) in [6.07, 6.45) is 8.02. The van der Waals surface area contributed by atoms with Crippen LogP contribution >= 0.6 is 22.9 Å². The molecule has 4 heterocycles. The summed E-state index contributed by atoms with van der Waals surface area (Å²) in [6, 6.07) is 9.41. The third-order valence-corrected chi connectivity index (χ3v) is 7.59. The lowest BCUT2D eigenvalue weighted by Gasteiger charge is -2.15. The van der Waals surface area contributed by atoms with E-state index in [1.807, 2.05) is 24.3 Å². The zero-order chi connectivity index (χ0) is 25.5. The Morgan fingerprint density at radius 2 is 2.08 bits per heavy atom. The van der Waals surface area contributed by atoms with E-state index >= 15 is 0 Å². The van der Waals surface area contributed by atoms with E-state index in [4.69, 9.17) is 16.6 Å². The minimum atomic E-state index is -1.28. The van der Waals surface area contributed by atoms with Crippen LogP contribution in [0.1, 0.15) is 46.4 Å². The fraction of sp³-hybridized carbons (Fsp3) is 0.200. The van der Waals surface area contributed by atoms with E-state index in [1.165, 1.54) is 11.7 Å². The number of hydrogen-bond acceptors (Lipinski definition) is 7. The van der Waals surface area contributed by atoms with Crippen molar-refractivity contribution in [1.29, 1.82) is 0 Å². The second-order valence-electron chi connectivity index (χ2n) is 8.90. The van der Waals surface area contributed by atoms with Gasteiger partial charge in [-0.25, -0.2) is 14.2 Å². The Kier molecular flexibility index (Phi) is 6.01. The minimum absolute atomic E-state index is 0.116. The molecular formula is C25H19ClFN7O2S. The number of carbonyl (C=O) groups is 1. The Hall–Kier alpha value is -3.96. The summed E-state index contributed by atoms with van der Waals surface area (Å²) in [5, 5.41) is 22.7. The van der Waals surface area contributed by atoms with Gasteiger partial charge in [0, 0.05) is 33.3 Å². The van der Waals surface area contributed by atoms with E-state index in [0.29, 0.717) is 22.5 Å². The number of carboxylic acid groups (broad SMARTS) is 1. The van der Waals surface area contributed by atoms with Crippen molar-refractivity contribution in [1.82, 2.24) is 35.2 Å². The van der Waals surface area contributed by atoms with Crippen molar-refractivity contribution < 1.29 is 14.3 Å². The number of rotatable bonds is 8. The van der Waals surface area contributed by atoms with Gasteiger partial charge in [0.1, 0.15) is 17.0 Å². The molecule has 9 nitrogen and oxygen atoms in total. The maximum absolute atomic E-state index is 14.6. The molecule has 1 aliphatic rings. The highest BCUT2D eigenvalue weighted by Gasteiger charge is 2.30. The van der Waals surface area contributed by atoms with Crippen LogP contribution in [0, 0.1) is 11.7 Å². The maximum Gasteiger partial charge on any atom is 0.348 e. The SMILES string of the molecule is O=C(O)c1scc(-c2cnc(C(CC3CC3)c3ccc(-c4cc(Cl)ccc4-n4cnnn4)cn3)[nH]2)c1F. The van der Waals surface area contributed by atoms with Crippen molar-refractivity contribution >= 4 is 28.9 Å². The molecule has 4 aromatic heterocycles. The number of aromatic carboxylic acids is 1. The molecule has 0 aliphatic heterocycles. The predicted octanol–water partition coefficient (Wildman–Crippen LogP) is 5.60. The Morgan fingerprint density at radius 1 is 1.22 bits per heavy atom. The second kappa shape index (κ2) is 9.49. The van der Waals surface area contributed by atoms with Crippen LogP contribution in [0.5, 0.6) is 0 Å². The van der Waals surface area contributed by atoms with Gasteiger partial charge in [-0.3, -0.25) is 4.98 Å². The molecular weight excluding hydrogens is 517 g/mol. The van der Waals surface area contributed by atoms with Crippen molar-refractivity contribution in [3.8, 4) is 28.1 Å². The van der Waals surface area contributed by atoms with Crippen LogP contribution in [-0.4, -0.2) is 46.2 Å². The summed E-state index contributed by atoms with van der Waals surface area (Å²) in [7, 11) is 0. The molecule has 6 rings (SSSR count). The molecule has 186 valence electrons. The van der Waals surface area contributed by atoms with Crippen LogP contribution in [0.25, 0.3) is 28.1 Å². The normalized spacial score (nSPS) is 14.1. The first-order chi connectivity index (χ1) is 18.0. The highest BCUT2D eigenvalue weighted by molar-refractivity contribution is 7.12. The van der Waals surface area contributed by atoms with Gasteiger partial charge in [-0.2, -0.15) is 4.68 Å². The van der Waals surface area contributed by atoms with Crippen LogP contribution in [0.3, 0.4) is 0 Å². The third kappa shape index (κ3) is 4.63. The average molecular weight is 536 g/mol. The summed E-state index contributed by atoms with van der Waals surface area (Å²) in [5.74, 6) is -0.909. The molecule has 37 heavy (non-hydrogen) atoms. The molecule has 1 fully saturated rings. The Morgan fingerprint density at radius 3 is 2.76 bits per heavy atom. The fourth-order valence-corrected chi connectivity index (χ4v) is 5.31. The first kappa shape index (κ1) is 23.4. The Bertz CT molecular complexity index is 1580. The number of halogens is 2. The van der Waals surface area contributed by atoms with Gasteiger partial charge in [-0.15, -0.1) is 16.4 Å². The van der Waals surface area contributed by atoms with Gasteiger partial charge in [0.15, 0.2) is 5.82 Å². The molecule has 0 amide bonds. The Balaban J connectivity index is 1.33. The number of thiophene rings is 1. The van der Waals surface area contributed by atoms with Crippen molar-refractivity contribution in [2.75, 3.05) is 0 Å². The molecule has 2 N–H and O–H groups in total. The lowest BCUT2D eigenvalue weighted by atomic mass is 9.96. The average Bonchev–Trinajstić information content (AvgIpc) is 3.27. The number of aromatic nitrogens is 7. The zero-order valence-electron chi connectivity index (χ0n) is 19.2. The Labute approximate surface area is 219 Å². The number of pyridine rings is 1. The van der Waals surface area contributed by atoms with Gasteiger partial charge in [-0.1, -0.05) is 30.5 Å².